The minimum atomic E-state index is -0.774. The third-order valence-electron chi connectivity index (χ3n) is 1.93. The van der Waals surface area contributed by atoms with Gasteiger partial charge in [0.15, 0.2) is 0 Å². The Balaban J connectivity index is 2.36. The fraction of sp³-hybridized carbons (Fsp3) is 0.625. The molecule has 60 valence electrons. The van der Waals surface area contributed by atoms with Crippen LogP contribution in [-0.2, 0) is 4.79 Å². The number of hydrogen-bond acceptors (Lipinski definition) is 2. The molecule has 0 spiro atoms. The van der Waals surface area contributed by atoms with E-state index in [2.05, 4.69) is 11.2 Å². The molecule has 1 aliphatic heterocycles. The van der Waals surface area contributed by atoms with Crippen molar-refractivity contribution in [1.29, 1.82) is 0 Å². The monoisotopic (exact) mass is 153 g/mol. The number of carbonyl (C=O) groups is 1. The van der Waals surface area contributed by atoms with Crippen LogP contribution < -0.4 is 5.32 Å². The average Bonchev–Trinajstić information content (AvgIpc) is 2.37. The number of rotatable bonds is 2. The lowest BCUT2D eigenvalue weighted by Gasteiger charge is -2.01. The lowest BCUT2D eigenvalue weighted by molar-refractivity contribution is -0.139. The molecular formula is C8H11NO2. The number of carboxylic acid groups (broad SMARTS) is 1. The molecule has 0 bridgehead atoms. The Morgan fingerprint density at radius 3 is 3.00 bits per heavy atom. The van der Waals surface area contributed by atoms with Crippen molar-refractivity contribution in [2.24, 2.45) is 5.92 Å². The third-order valence-corrected chi connectivity index (χ3v) is 1.93. The Bertz CT molecular complexity index is 195. The molecule has 0 aromatic rings. The molecule has 0 aromatic carbocycles. The summed E-state index contributed by atoms with van der Waals surface area (Å²) in [4.78, 5) is 10.4. The Hall–Kier alpha value is -1.01. The van der Waals surface area contributed by atoms with E-state index in [1.165, 1.54) is 0 Å². The highest BCUT2D eigenvalue weighted by Gasteiger charge is 2.28. The number of hydrogen-bond donors (Lipinski definition) is 2. The van der Waals surface area contributed by atoms with Crippen LogP contribution in [0, 0.1) is 18.3 Å². The van der Waals surface area contributed by atoms with Gasteiger partial charge < -0.3 is 10.4 Å². The summed E-state index contributed by atoms with van der Waals surface area (Å²) in [6, 6.07) is -0.381. The molecule has 3 nitrogen and oxygen atoms in total. The van der Waals surface area contributed by atoms with Crippen LogP contribution >= 0.6 is 0 Å². The van der Waals surface area contributed by atoms with E-state index in [9.17, 15) is 4.79 Å². The maximum Gasteiger partial charge on any atom is 0.320 e. The first kappa shape index (κ1) is 8.09. The quantitative estimate of drug-likeness (QED) is 0.552. The van der Waals surface area contributed by atoms with E-state index in [-0.39, 0.29) is 6.04 Å². The predicted molar refractivity (Wildman–Crippen MR) is 41.0 cm³/mol. The van der Waals surface area contributed by atoms with Gasteiger partial charge in [-0.2, -0.15) is 0 Å². The zero-order valence-corrected chi connectivity index (χ0v) is 6.21. The van der Waals surface area contributed by atoms with Crippen LogP contribution in [0.5, 0.6) is 0 Å². The van der Waals surface area contributed by atoms with Gasteiger partial charge >= 0.3 is 5.97 Å². The minimum absolute atomic E-state index is 0.348. The van der Waals surface area contributed by atoms with Crippen molar-refractivity contribution in [2.45, 2.75) is 18.9 Å². The number of aliphatic carboxylic acids is 1. The van der Waals surface area contributed by atoms with Gasteiger partial charge in [-0.15, -0.1) is 12.3 Å². The lowest BCUT2D eigenvalue weighted by Crippen LogP contribution is -2.29. The highest BCUT2D eigenvalue weighted by Crippen LogP contribution is 2.16. The summed E-state index contributed by atoms with van der Waals surface area (Å²) in [6.07, 6.45) is 6.45. The summed E-state index contributed by atoms with van der Waals surface area (Å²) in [5, 5.41) is 11.5. The zero-order valence-electron chi connectivity index (χ0n) is 6.21. The van der Waals surface area contributed by atoms with Gasteiger partial charge in [0.1, 0.15) is 6.04 Å². The first-order valence-corrected chi connectivity index (χ1v) is 3.63. The second-order valence-corrected chi connectivity index (χ2v) is 2.81. The van der Waals surface area contributed by atoms with Crippen molar-refractivity contribution in [3.05, 3.63) is 0 Å². The summed E-state index contributed by atoms with van der Waals surface area (Å²) >= 11 is 0. The topological polar surface area (TPSA) is 49.3 Å². The minimum Gasteiger partial charge on any atom is -0.480 e. The maximum absolute atomic E-state index is 10.4. The molecule has 1 unspecified atom stereocenters. The summed E-state index contributed by atoms with van der Waals surface area (Å²) in [7, 11) is 0. The highest BCUT2D eigenvalue weighted by molar-refractivity contribution is 5.73. The molecule has 0 radical (unpaired) electrons. The standard InChI is InChI=1S/C8H11NO2/c1-2-3-6-4-7(8(10)11)9-5-6/h1,6-7,9H,3-5H2,(H,10,11)/t6?,7-/m1/s1. The normalized spacial score (nSPS) is 29.7. The average molecular weight is 153 g/mol. The van der Waals surface area contributed by atoms with Gasteiger partial charge in [0.25, 0.3) is 0 Å². The molecule has 1 rings (SSSR count). The van der Waals surface area contributed by atoms with Gasteiger partial charge in [-0.3, -0.25) is 4.79 Å². The van der Waals surface area contributed by atoms with E-state index in [1.807, 2.05) is 0 Å². The van der Waals surface area contributed by atoms with E-state index in [0.717, 1.165) is 6.54 Å². The number of carboxylic acids is 1. The molecule has 0 aromatic heterocycles. The Morgan fingerprint density at radius 1 is 1.82 bits per heavy atom. The van der Waals surface area contributed by atoms with Crippen molar-refractivity contribution in [1.82, 2.24) is 5.32 Å². The molecule has 1 saturated heterocycles. The maximum atomic E-state index is 10.4. The Labute approximate surface area is 65.8 Å². The van der Waals surface area contributed by atoms with Crippen LogP contribution in [-0.4, -0.2) is 23.7 Å². The molecule has 0 amide bonds. The van der Waals surface area contributed by atoms with Crippen LogP contribution in [0.3, 0.4) is 0 Å². The summed E-state index contributed by atoms with van der Waals surface area (Å²) in [5.41, 5.74) is 0. The summed E-state index contributed by atoms with van der Waals surface area (Å²) in [5.74, 6) is 2.11. The largest absolute Gasteiger partial charge is 0.480 e. The van der Waals surface area contributed by atoms with E-state index in [0.29, 0.717) is 18.8 Å². The molecule has 0 saturated carbocycles. The van der Waals surface area contributed by atoms with Gasteiger partial charge in [0.05, 0.1) is 0 Å². The van der Waals surface area contributed by atoms with Gasteiger partial charge in [-0.25, -0.2) is 0 Å². The fourth-order valence-corrected chi connectivity index (χ4v) is 1.32. The van der Waals surface area contributed by atoms with E-state index < -0.39 is 5.97 Å². The molecule has 2 atom stereocenters. The smallest absolute Gasteiger partial charge is 0.320 e. The molecule has 0 aliphatic carbocycles. The molecule has 11 heavy (non-hydrogen) atoms. The van der Waals surface area contributed by atoms with E-state index in [1.54, 1.807) is 0 Å². The zero-order chi connectivity index (χ0) is 8.27. The molecule has 2 N–H and O–H groups in total. The van der Waals surface area contributed by atoms with E-state index in [4.69, 9.17) is 11.5 Å². The third kappa shape index (κ3) is 1.95. The lowest BCUT2D eigenvalue weighted by atomic mass is 10.0. The molecule has 3 heteroatoms. The van der Waals surface area contributed by atoms with Crippen LogP contribution in [0.4, 0.5) is 0 Å². The first-order chi connectivity index (χ1) is 5.24. The number of nitrogens with one attached hydrogen (secondary N) is 1. The van der Waals surface area contributed by atoms with Gasteiger partial charge in [-0.05, 0) is 18.9 Å². The van der Waals surface area contributed by atoms with Crippen LogP contribution in [0.1, 0.15) is 12.8 Å². The summed E-state index contributed by atoms with van der Waals surface area (Å²) in [6.45, 7) is 0.737. The van der Waals surface area contributed by atoms with E-state index >= 15 is 0 Å². The van der Waals surface area contributed by atoms with Gasteiger partial charge in [0, 0.05) is 6.42 Å². The molecular weight excluding hydrogens is 142 g/mol. The Kier molecular flexibility index (Phi) is 2.50. The highest BCUT2D eigenvalue weighted by atomic mass is 16.4. The van der Waals surface area contributed by atoms with Crippen LogP contribution in [0.15, 0.2) is 0 Å². The van der Waals surface area contributed by atoms with Gasteiger partial charge in [-0.1, -0.05) is 0 Å². The summed E-state index contributed by atoms with van der Waals surface area (Å²) < 4.78 is 0. The van der Waals surface area contributed by atoms with Crippen LogP contribution in [0.2, 0.25) is 0 Å². The van der Waals surface area contributed by atoms with Gasteiger partial charge in [0.2, 0.25) is 0 Å². The molecule has 1 fully saturated rings. The molecule has 1 heterocycles. The predicted octanol–water partition coefficient (Wildman–Crippen LogP) is 0.0724. The van der Waals surface area contributed by atoms with Crippen molar-refractivity contribution >= 4 is 5.97 Å². The van der Waals surface area contributed by atoms with Crippen molar-refractivity contribution in [2.75, 3.05) is 6.54 Å². The second kappa shape index (κ2) is 3.40. The van der Waals surface area contributed by atoms with Crippen molar-refractivity contribution < 1.29 is 9.90 Å². The van der Waals surface area contributed by atoms with Crippen LogP contribution in [0.25, 0.3) is 0 Å². The van der Waals surface area contributed by atoms with Crippen molar-refractivity contribution in [3.63, 3.8) is 0 Å². The number of terminal acetylenes is 1. The Morgan fingerprint density at radius 2 is 2.55 bits per heavy atom. The SMILES string of the molecule is C#CCC1CN[C@@H](C(=O)O)C1. The fourth-order valence-electron chi connectivity index (χ4n) is 1.32. The molecule has 1 aliphatic rings. The first-order valence-electron chi connectivity index (χ1n) is 3.63. The second-order valence-electron chi connectivity index (χ2n) is 2.81. The van der Waals surface area contributed by atoms with Crippen molar-refractivity contribution in [3.8, 4) is 12.3 Å².